The largest absolute Gasteiger partial charge is 0.462 e. The Bertz CT molecular complexity index is 725. The smallest absolute Gasteiger partial charge is 0.338 e. The fraction of sp³-hybridized carbons (Fsp3) is 0.222. The highest BCUT2D eigenvalue weighted by Gasteiger charge is 2.23. The van der Waals surface area contributed by atoms with Crippen LogP contribution in [0.1, 0.15) is 22.8 Å². The lowest BCUT2D eigenvalue weighted by Crippen LogP contribution is -2.39. The van der Waals surface area contributed by atoms with Crippen molar-refractivity contribution in [3.8, 4) is 0 Å². The van der Waals surface area contributed by atoms with Gasteiger partial charge in [-0.3, -0.25) is 4.79 Å². The molecule has 0 atom stereocenters. The molecular formula is C18H18N2O3. The van der Waals surface area contributed by atoms with Crippen molar-refractivity contribution in [2.24, 2.45) is 0 Å². The molecule has 5 heteroatoms. The van der Waals surface area contributed by atoms with E-state index < -0.39 is 0 Å². The zero-order valence-electron chi connectivity index (χ0n) is 12.9. The van der Waals surface area contributed by atoms with Gasteiger partial charge < -0.3 is 15.0 Å². The second-order valence-corrected chi connectivity index (χ2v) is 5.27. The fourth-order valence-electron chi connectivity index (χ4n) is 2.58. The van der Waals surface area contributed by atoms with Crippen molar-refractivity contribution < 1.29 is 14.3 Å². The fourth-order valence-corrected chi connectivity index (χ4v) is 2.58. The van der Waals surface area contributed by atoms with Crippen LogP contribution in [0.4, 0.5) is 11.4 Å². The first kappa shape index (κ1) is 15.1. The number of esters is 1. The molecule has 23 heavy (non-hydrogen) atoms. The van der Waals surface area contributed by atoms with Crippen molar-refractivity contribution in [2.75, 3.05) is 23.4 Å². The first-order valence-electron chi connectivity index (χ1n) is 7.58. The van der Waals surface area contributed by atoms with Gasteiger partial charge in [0.15, 0.2) is 0 Å². The van der Waals surface area contributed by atoms with Crippen LogP contribution in [0, 0.1) is 0 Å². The summed E-state index contributed by atoms with van der Waals surface area (Å²) in [4.78, 5) is 25.6. The zero-order chi connectivity index (χ0) is 16.2. The van der Waals surface area contributed by atoms with Gasteiger partial charge in [-0.05, 0) is 36.8 Å². The normalized spacial score (nSPS) is 13.3. The average molecular weight is 310 g/mol. The minimum atomic E-state index is -0.331. The number of nitrogens with zero attached hydrogens (tertiary/aromatic N) is 1. The maximum Gasteiger partial charge on any atom is 0.338 e. The third-order valence-electron chi connectivity index (χ3n) is 3.73. The molecule has 0 spiro atoms. The number of para-hydroxylation sites is 2. The van der Waals surface area contributed by atoms with E-state index in [2.05, 4.69) is 5.32 Å². The molecule has 3 rings (SSSR count). The lowest BCUT2D eigenvalue weighted by molar-refractivity contribution is -0.117. The van der Waals surface area contributed by atoms with Crippen LogP contribution in [0.2, 0.25) is 0 Å². The number of nitrogens with one attached hydrogen (secondary N) is 1. The van der Waals surface area contributed by atoms with E-state index in [0.717, 1.165) is 16.9 Å². The number of carbonyl (C=O) groups excluding carboxylic acids is 2. The Morgan fingerprint density at radius 2 is 1.91 bits per heavy atom. The molecule has 1 N–H and O–H groups in total. The van der Waals surface area contributed by atoms with E-state index in [9.17, 15) is 9.59 Å². The van der Waals surface area contributed by atoms with Crippen molar-refractivity contribution in [1.82, 2.24) is 0 Å². The van der Waals surface area contributed by atoms with Crippen molar-refractivity contribution in [1.29, 1.82) is 0 Å². The molecule has 0 fully saturated rings. The highest BCUT2D eigenvalue weighted by atomic mass is 16.5. The second-order valence-electron chi connectivity index (χ2n) is 5.27. The van der Waals surface area contributed by atoms with Gasteiger partial charge in [-0.2, -0.15) is 0 Å². The minimum Gasteiger partial charge on any atom is -0.462 e. The van der Waals surface area contributed by atoms with Gasteiger partial charge in [0.2, 0.25) is 5.91 Å². The third kappa shape index (κ3) is 3.18. The van der Waals surface area contributed by atoms with Gasteiger partial charge >= 0.3 is 5.97 Å². The van der Waals surface area contributed by atoms with E-state index >= 15 is 0 Å². The molecule has 0 unspecified atom stereocenters. The Balaban J connectivity index is 1.79. The number of ether oxygens (including phenoxy) is 1. The van der Waals surface area contributed by atoms with Crippen LogP contribution >= 0.6 is 0 Å². The van der Waals surface area contributed by atoms with E-state index in [-0.39, 0.29) is 18.4 Å². The molecule has 2 aromatic carbocycles. The lowest BCUT2D eigenvalue weighted by Gasteiger charge is -2.30. The number of carbonyl (C=O) groups is 2. The molecule has 2 aromatic rings. The highest BCUT2D eigenvalue weighted by molar-refractivity contribution is 6.02. The molecule has 1 aliphatic rings. The van der Waals surface area contributed by atoms with Gasteiger partial charge in [0.25, 0.3) is 0 Å². The summed E-state index contributed by atoms with van der Waals surface area (Å²) in [6.07, 6.45) is 0. The van der Waals surface area contributed by atoms with E-state index in [1.807, 2.05) is 36.4 Å². The summed E-state index contributed by atoms with van der Waals surface area (Å²) < 4.78 is 4.97. The number of hydrogen-bond donors (Lipinski definition) is 1. The summed E-state index contributed by atoms with van der Waals surface area (Å²) in [6, 6.07) is 14.9. The summed E-state index contributed by atoms with van der Waals surface area (Å²) in [5.41, 5.74) is 3.30. The predicted molar refractivity (Wildman–Crippen MR) is 88.5 cm³/mol. The standard InChI is InChI=1S/C18H18N2O3/c1-2-23-18(22)14-9-7-13(8-10-14)12-20-16-6-4-3-5-15(16)19-11-17(20)21/h3-10,19H,2,11-12H2,1H3. The molecule has 0 saturated heterocycles. The molecule has 5 nitrogen and oxygen atoms in total. The van der Waals surface area contributed by atoms with E-state index in [1.165, 1.54) is 0 Å². The Labute approximate surface area is 134 Å². The number of amides is 1. The van der Waals surface area contributed by atoms with E-state index in [1.54, 1.807) is 24.0 Å². The first-order valence-corrected chi connectivity index (χ1v) is 7.58. The third-order valence-corrected chi connectivity index (χ3v) is 3.73. The van der Waals surface area contributed by atoms with Crippen LogP contribution in [0.3, 0.4) is 0 Å². The molecule has 118 valence electrons. The summed E-state index contributed by atoms with van der Waals surface area (Å²) in [5.74, 6) is -0.305. The summed E-state index contributed by atoms with van der Waals surface area (Å²) in [5, 5.41) is 3.11. The summed E-state index contributed by atoms with van der Waals surface area (Å²) in [6.45, 7) is 2.89. The molecule has 1 aliphatic heterocycles. The second kappa shape index (κ2) is 6.52. The van der Waals surface area contributed by atoms with Gasteiger partial charge in [-0.15, -0.1) is 0 Å². The monoisotopic (exact) mass is 310 g/mol. The number of benzene rings is 2. The molecule has 1 amide bonds. The quantitative estimate of drug-likeness (QED) is 0.882. The molecular weight excluding hydrogens is 292 g/mol. The van der Waals surface area contributed by atoms with Crippen LogP contribution in [0.15, 0.2) is 48.5 Å². The molecule has 0 saturated carbocycles. The Morgan fingerprint density at radius 3 is 2.65 bits per heavy atom. The van der Waals surface area contributed by atoms with Crippen molar-refractivity contribution in [3.63, 3.8) is 0 Å². The maximum absolute atomic E-state index is 12.2. The van der Waals surface area contributed by atoms with Crippen LogP contribution in [0.25, 0.3) is 0 Å². The Kier molecular flexibility index (Phi) is 4.28. The minimum absolute atomic E-state index is 0.0261. The van der Waals surface area contributed by atoms with Crippen LogP contribution in [-0.2, 0) is 16.1 Å². The molecule has 0 aromatic heterocycles. The number of anilines is 2. The lowest BCUT2D eigenvalue weighted by atomic mass is 10.1. The first-order chi connectivity index (χ1) is 11.2. The van der Waals surface area contributed by atoms with Gasteiger partial charge in [0, 0.05) is 0 Å². The van der Waals surface area contributed by atoms with Crippen LogP contribution < -0.4 is 10.2 Å². The average Bonchev–Trinajstić information content (AvgIpc) is 2.58. The maximum atomic E-state index is 12.2. The van der Waals surface area contributed by atoms with Crippen molar-refractivity contribution in [3.05, 3.63) is 59.7 Å². The number of fused-ring (bicyclic) bond motifs is 1. The molecule has 1 heterocycles. The van der Waals surface area contributed by atoms with E-state index in [0.29, 0.717) is 18.7 Å². The number of rotatable bonds is 4. The highest BCUT2D eigenvalue weighted by Crippen LogP contribution is 2.30. The van der Waals surface area contributed by atoms with Gasteiger partial charge in [-0.1, -0.05) is 24.3 Å². The molecule has 0 aliphatic carbocycles. The SMILES string of the molecule is CCOC(=O)c1ccc(CN2C(=O)CNc3ccccc32)cc1. The van der Waals surface area contributed by atoms with Crippen molar-refractivity contribution >= 4 is 23.3 Å². The molecule has 0 bridgehead atoms. The Morgan fingerprint density at radius 1 is 1.17 bits per heavy atom. The van der Waals surface area contributed by atoms with Gasteiger partial charge in [0.1, 0.15) is 0 Å². The predicted octanol–water partition coefficient (Wildman–Crippen LogP) is 2.82. The van der Waals surface area contributed by atoms with Crippen LogP contribution in [0.5, 0.6) is 0 Å². The summed E-state index contributed by atoms with van der Waals surface area (Å²) in [7, 11) is 0. The molecule has 0 radical (unpaired) electrons. The van der Waals surface area contributed by atoms with Crippen molar-refractivity contribution in [2.45, 2.75) is 13.5 Å². The van der Waals surface area contributed by atoms with E-state index in [4.69, 9.17) is 4.74 Å². The summed E-state index contributed by atoms with van der Waals surface area (Å²) >= 11 is 0. The van der Waals surface area contributed by atoms with Gasteiger partial charge in [0.05, 0.1) is 36.6 Å². The topological polar surface area (TPSA) is 58.6 Å². The number of hydrogen-bond acceptors (Lipinski definition) is 4. The van der Waals surface area contributed by atoms with Crippen LogP contribution in [-0.4, -0.2) is 25.0 Å². The zero-order valence-corrected chi connectivity index (χ0v) is 12.9. The Hall–Kier alpha value is -2.82. The van der Waals surface area contributed by atoms with Gasteiger partial charge in [-0.25, -0.2) is 4.79 Å².